The Bertz CT molecular complexity index is 623. The van der Waals surface area contributed by atoms with Gasteiger partial charge in [0.15, 0.2) is 0 Å². The number of hydrogen-bond donors (Lipinski definition) is 2. The number of benzene rings is 1. The number of carbonyl (C=O) groups is 1. The zero-order valence-electron chi connectivity index (χ0n) is 10.8. The molecule has 98 valence electrons. The fourth-order valence-corrected chi connectivity index (χ4v) is 2.42. The number of hydrogen-bond acceptors (Lipinski definition) is 3. The van der Waals surface area contributed by atoms with Crippen molar-refractivity contribution in [1.82, 2.24) is 9.78 Å². The molecule has 0 fully saturated rings. The number of fused-ring (bicyclic) bond motifs is 1. The zero-order valence-corrected chi connectivity index (χ0v) is 10.8. The minimum Gasteiger partial charge on any atom is -0.326 e. The number of rotatable bonds is 3. The number of anilines is 1. The topological polar surface area (TPSA) is 72.9 Å². The molecule has 19 heavy (non-hydrogen) atoms. The van der Waals surface area contributed by atoms with Crippen LogP contribution in [0, 0.1) is 0 Å². The van der Waals surface area contributed by atoms with Gasteiger partial charge in [-0.25, -0.2) is 0 Å². The van der Waals surface area contributed by atoms with E-state index in [1.807, 2.05) is 35.9 Å². The van der Waals surface area contributed by atoms with Crippen molar-refractivity contribution in [1.29, 1.82) is 0 Å². The van der Waals surface area contributed by atoms with Crippen molar-refractivity contribution in [3.05, 3.63) is 35.5 Å². The fourth-order valence-electron chi connectivity index (χ4n) is 2.42. The molecule has 2 aromatic rings. The summed E-state index contributed by atoms with van der Waals surface area (Å²) in [6.45, 7) is 3.32. The molecular formula is C14H16N4O. The third kappa shape index (κ3) is 2.02. The molecule has 1 aliphatic heterocycles. The minimum absolute atomic E-state index is 0.0499. The van der Waals surface area contributed by atoms with E-state index in [4.69, 9.17) is 5.73 Å². The summed E-state index contributed by atoms with van der Waals surface area (Å²) >= 11 is 0. The van der Waals surface area contributed by atoms with E-state index in [1.54, 1.807) is 0 Å². The molecule has 3 N–H and O–H groups in total. The molecule has 1 aromatic heterocycles. The maximum absolute atomic E-state index is 11.4. The Morgan fingerprint density at radius 3 is 2.95 bits per heavy atom. The second-order valence-electron chi connectivity index (χ2n) is 4.64. The molecule has 1 aliphatic rings. The lowest BCUT2D eigenvalue weighted by Crippen LogP contribution is -2.06. The van der Waals surface area contributed by atoms with Gasteiger partial charge in [-0.1, -0.05) is 6.07 Å². The van der Waals surface area contributed by atoms with Crippen LogP contribution in [0.3, 0.4) is 0 Å². The summed E-state index contributed by atoms with van der Waals surface area (Å²) in [4.78, 5) is 11.4. The lowest BCUT2D eigenvalue weighted by molar-refractivity contribution is -0.115. The van der Waals surface area contributed by atoms with Gasteiger partial charge in [0.05, 0.1) is 17.8 Å². The summed E-state index contributed by atoms with van der Waals surface area (Å²) in [6.07, 6.45) is 0.446. The average Bonchev–Trinajstić information content (AvgIpc) is 2.98. The molecule has 3 rings (SSSR count). The third-order valence-electron chi connectivity index (χ3n) is 3.40. The lowest BCUT2D eigenvalue weighted by atomic mass is 10.1. The van der Waals surface area contributed by atoms with E-state index in [0.717, 1.165) is 34.7 Å². The number of aromatic nitrogens is 2. The highest BCUT2D eigenvalue weighted by atomic mass is 16.1. The SMILES string of the molecule is CCn1nc(-c2ccc3c(c2)CC(=O)N3)cc1CN. The lowest BCUT2D eigenvalue weighted by Gasteiger charge is -2.01. The second kappa shape index (κ2) is 4.51. The Balaban J connectivity index is 2.01. The van der Waals surface area contributed by atoms with Gasteiger partial charge in [0, 0.05) is 24.3 Å². The largest absolute Gasteiger partial charge is 0.326 e. The molecule has 1 amide bonds. The van der Waals surface area contributed by atoms with Gasteiger partial charge in [-0.2, -0.15) is 5.10 Å². The molecular weight excluding hydrogens is 240 g/mol. The Morgan fingerprint density at radius 2 is 2.26 bits per heavy atom. The van der Waals surface area contributed by atoms with E-state index in [0.29, 0.717) is 13.0 Å². The van der Waals surface area contributed by atoms with Crippen LogP contribution in [0.4, 0.5) is 5.69 Å². The van der Waals surface area contributed by atoms with Crippen LogP contribution in [0.5, 0.6) is 0 Å². The van der Waals surface area contributed by atoms with Crippen molar-refractivity contribution in [2.75, 3.05) is 5.32 Å². The van der Waals surface area contributed by atoms with Crippen LogP contribution in [0.2, 0.25) is 0 Å². The molecule has 0 atom stereocenters. The molecule has 0 saturated carbocycles. The highest BCUT2D eigenvalue weighted by Gasteiger charge is 2.18. The minimum atomic E-state index is 0.0499. The molecule has 2 heterocycles. The Morgan fingerprint density at radius 1 is 1.42 bits per heavy atom. The van der Waals surface area contributed by atoms with Gasteiger partial charge in [-0.05, 0) is 30.7 Å². The summed E-state index contributed by atoms with van der Waals surface area (Å²) in [7, 11) is 0. The van der Waals surface area contributed by atoms with Gasteiger partial charge in [-0.3, -0.25) is 9.48 Å². The number of amides is 1. The number of nitrogens with two attached hydrogens (primary N) is 1. The van der Waals surface area contributed by atoms with E-state index in [2.05, 4.69) is 10.4 Å². The average molecular weight is 256 g/mol. The standard InChI is InChI=1S/C14H16N4O/c1-2-18-11(8-15)7-13(17-18)9-3-4-12-10(5-9)6-14(19)16-12/h3-5,7H,2,6,8,15H2,1H3,(H,16,19). The first-order valence-corrected chi connectivity index (χ1v) is 6.41. The summed E-state index contributed by atoms with van der Waals surface area (Å²) in [5.74, 6) is 0.0499. The molecule has 1 aromatic carbocycles. The molecule has 0 bridgehead atoms. The van der Waals surface area contributed by atoms with E-state index >= 15 is 0 Å². The summed E-state index contributed by atoms with van der Waals surface area (Å²) in [5.41, 5.74) is 10.6. The molecule has 5 heteroatoms. The number of aryl methyl sites for hydroxylation is 1. The van der Waals surface area contributed by atoms with Crippen molar-refractivity contribution >= 4 is 11.6 Å². The van der Waals surface area contributed by atoms with Crippen molar-refractivity contribution in [2.45, 2.75) is 26.4 Å². The highest BCUT2D eigenvalue weighted by molar-refractivity contribution is 5.99. The van der Waals surface area contributed by atoms with Crippen LogP contribution in [-0.2, 0) is 24.3 Å². The van der Waals surface area contributed by atoms with Crippen LogP contribution >= 0.6 is 0 Å². The second-order valence-corrected chi connectivity index (χ2v) is 4.64. The van der Waals surface area contributed by atoms with Gasteiger partial charge in [0.2, 0.25) is 5.91 Å². The Kier molecular flexibility index (Phi) is 2.83. The summed E-state index contributed by atoms with van der Waals surface area (Å²) in [5, 5.41) is 7.38. The molecule has 0 aliphatic carbocycles. The maximum atomic E-state index is 11.4. The van der Waals surface area contributed by atoms with E-state index in [9.17, 15) is 4.79 Å². The number of carbonyl (C=O) groups excluding carboxylic acids is 1. The van der Waals surface area contributed by atoms with Crippen molar-refractivity contribution in [3.63, 3.8) is 0 Å². The zero-order chi connectivity index (χ0) is 13.4. The van der Waals surface area contributed by atoms with Gasteiger partial charge in [0.1, 0.15) is 0 Å². The molecule has 0 radical (unpaired) electrons. The van der Waals surface area contributed by atoms with Crippen LogP contribution in [0.15, 0.2) is 24.3 Å². The maximum Gasteiger partial charge on any atom is 0.228 e. The Labute approximate surface area is 111 Å². The van der Waals surface area contributed by atoms with Gasteiger partial charge in [-0.15, -0.1) is 0 Å². The first-order valence-electron chi connectivity index (χ1n) is 6.41. The Hall–Kier alpha value is -2.14. The van der Waals surface area contributed by atoms with E-state index in [-0.39, 0.29) is 5.91 Å². The van der Waals surface area contributed by atoms with Crippen molar-refractivity contribution in [3.8, 4) is 11.3 Å². The van der Waals surface area contributed by atoms with Crippen LogP contribution < -0.4 is 11.1 Å². The molecule has 5 nitrogen and oxygen atoms in total. The highest BCUT2D eigenvalue weighted by Crippen LogP contribution is 2.28. The van der Waals surface area contributed by atoms with E-state index in [1.165, 1.54) is 0 Å². The number of nitrogens with zero attached hydrogens (tertiary/aromatic N) is 2. The van der Waals surface area contributed by atoms with Crippen LogP contribution in [-0.4, -0.2) is 15.7 Å². The predicted octanol–water partition coefficient (Wildman–Crippen LogP) is 1.52. The number of nitrogens with one attached hydrogen (secondary N) is 1. The normalized spacial score (nSPS) is 13.5. The van der Waals surface area contributed by atoms with Crippen LogP contribution in [0.1, 0.15) is 18.2 Å². The van der Waals surface area contributed by atoms with Gasteiger partial charge < -0.3 is 11.1 Å². The quantitative estimate of drug-likeness (QED) is 0.874. The first kappa shape index (κ1) is 11.9. The first-order chi connectivity index (χ1) is 9.21. The van der Waals surface area contributed by atoms with E-state index < -0.39 is 0 Å². The third-order valence-corrected chi connectivity index (χ3v) is 3.40. The molecule has 0 unspecified atom stereocenters. The fraction of sp³-hybridized carbons (Fsp3) is 0.286. The monoisotopic (exact) mass is 256 g/mol. The summed E-state index contributed by atoms with van der Waals surface area (Å²) in [6, 6.07) is 7.95. The predicted molar refractivity (Wildman–Crippen MR) is 73.6 cm³/mol. The van der Waals surface area contributed by atoms with Gasteiger partial charge >= 0.3 is 0 Å². The van der Waals surface area contributed by atoms with Crippen molar-refractivity contribution in [2.24, 2.45) is 5.73 Å². The smallest absolute Gasteiger partial charge is 0.228 e. The van der Waals surface area contributed by atoms with Crippen LogP contribution in [0.25, 0.3) is 11.3 Å². The van der Waals surface area contributed by atoms with Crippen molar-refractivity contribution < 1.29 is 4.79 Å². The molecule has 0 saturated heterocycles. The molecule has 0 spiro atoms. The van der Waals surface area contributed by atoms with Gasteiger partial charge in [0.25, 0.3) is 0 Å². The summed E-state index contributed by atoms with van der Waals surface area (Å²) < 4.78 is 1.91.